The van der Waals surface area contributed by atoms with E-state index in [1.807, 2.05) is 45.3 Å². The molecule has 0 aliphatic heterocycles. The number of carbonyl (C=O) groups excluding carboxylic acids is 1. The molecule has 0 spiro atoms. The molecule has 6 nitrogen and oxygen atoms in total. The zero-order chi connectivity index (χ0) is 16.8. The topological polar surface area (TPSA) is 62.2 Å². The number of amides is 2. The molecule has 1 aliphatic rings. The largest absolute Gasteiger partial charge is 0.336 e. The summed E-state index contributed by atoms with van der Waals surface area (Å²) < 4.78 is 1.79. The smallest absolute Gasteiger partial charge is 0.315 e. The highest BCUT2D eigenvalue weighted by Crippen LogP contribution is 2.27. The standard InChI is InChI=1S/C16H29N5OS/c1-20(2)14(12-9-18-21(3)11-12)10-17-16(22)19-13-7-5-6-8-15(13)23-4/h9,11,13-15H,5-8,10H2,1-4H3,(H2,17,19,22). The van der Waals surface area contributed by atoms with Crippen molar-refractivity contribution < 1.29 is 4.79 Å². The summed E-state index contributed by atoms with van der Waals surface area (Å²) in [5.41, 5.74) is 1.11. The molecule has 0 radical (unpaired) electrons. The summed E-state index contributed by atoms with van der Waals surface area (Å²) in [7, 11) is 5.94. The van der Waals surface area contributed by atoms with E-state index in [-0.39, 0.29) is 18.1 Å². The van der Waals surface area contributed by atoms with E-state index >= 15 is 0 Å². The molecule has 0 bridgehead atoms. The van der Waals surface area contributed by atoms with Gasteiger partial charge in [-0.1, -0.05) is 12.8 Å². The van der Waals surface area contributed by atoms with E-state index in [0.717, 1.165) is 12.0 Å². The fraction of sp³-hybridized carbons (Fsp3) is 0.750. The number of thioether (sulfide) groups is 1. The van der Waals surface area contributed by atoms with E-state index in [0.29, 0.717) is 11.8 Å². The first-order valence-corrected chi connectivity index (χ1v) is 9.52. The van der Waals surface area contributed by atoms with Crippen molar-refractivity contribution in [3.05, 3.63) is 18.0 Å². The molecule has 2 rings (SSSR count). The molecule has 1 heterocycles. The number of urea groups is 1. The van der Waals surface area contributed by atoms with Crippen molar-refractivity contribution in [2.24, 2.45) is 7.05 Å². The summed E-state index contributed by atoms with van der Waals surface area (Å²) in [4.78, 5) is 14.4. The van der Waals surface area contributed by atoms with E-state index in [1.54, 1.807) is 4.68 Å². The summed E-state index contributed by atoms with van der Waals surface area (Å²) in [5, 5.41) is 10.9. The van der Waals surface area contributed by atoms with E-state index in [4.69, 9.17) is 0 Å². The Morgan fingerprint density at radius 2 is 2.22 bits per heavy atom. The molecule has 2 amide bonds. The maximum atomic E-state index is 12.3. The number of rotatable bonds is 6. The van der Waals surface area contributed by atoms with Crippen LogP contribution in [0.3, 0.4) is 0 Å². The molecule has 1 fully saturated rings. The Kier molecular flexibility index (Phi) is 6.77. The highest BCUT2D eigenvalue weighted by molar-refractivity contribution is 7.99. The lowest BCUT2D eigenvalue weighted by molar-refractivity contribution is 0.226. The van der Waals surface area contributed by atoms with Gasteiger partial charge in [-0.25, -0.2) is 4.79 Å². The number of nitrogens with zero attached hydrogens (tertiary/aromatic N) is 3. The fourth-order valence-corrected chi connectivity index (χ4v) is 4.10. The molecular weight excluding hydrogens is 310 g/mol. The van der Waals surface area contributed by atoms with Crippen LogP contribution in [0.15, 0.2) is 12.4 Å². The lowest BCUT2D eigenvalue weighted by atomic mass is 9.95. The van der Waals surface area contributed by atoms with E-state index in [2.05, 4.69) is 26.9 Å². The predicted octanol–water partition coefficient (Wildman–Crippen LogP) is 2.00. The zero-order valence-electron chi connectivity index (χ0n) is 14.6. The lowest BCUT2D eigenvalue weighted by Crippen LogP contribution is -2.49. The van der Waals surface area contributed by atoms with Gasteiger partial charge in [0.15, 0.2) is 0 Å². The van der Waals surface area contributed by atoms with Gasteiger partial charge < -0.3 is 15.5 Å². The van der Waals surface area contributed by atoms with Crippen LogP contribution in [0, 0.1) is 0 Å². The van der Waals surface area contributed by atoms with Crippen molar-refractivity contribution in [3.8, 4) is 0 Å². The normalized spacial score (nSPS) is 22.8. The molecule has 0 saturated heterocycles. The number of carbonyl (C=O) groups is 1. The van der Waals surface area contributed by atoms with Crippen LogP contribution < -0.4 is 10.6 Å². The molecule has 1 aromatic rings. The van der Waals surface area contributed by atoms with Crippen LogP contribution in [0.25, 0.3) is 0 Å². The van der Waals surface area contributed by atoms with Crippen LogP contribution in [0.5, 0.6) is 0 Å². The van der Waals surface area contributed by atoms with Crippen molar-refractivity contribution >= 4 is 17.8 Å². The van der Waals surface area contributed by atoms with Crippen LogP contribution in [0.4, 0.5) is 4.79 Å². The summed E-state index contributed by atoms with van der Waals surface area (Å²) in [5.74, 6) is 0. The third-order valence-electron chi connectivity index (χ3n) is 4.51. The third-order valence-corrected chi connectivity index (χ3v) is 5.68. The van der Waals surface area contributed by atoms with Crippen molar-refractivity contribution in [1.29, 1.82) is 0 Å². The fourth-order valence-electron chi connectivity index (χ4n) is 3.16. The molecule has 2 N–H and O–H groups in total. The van der Waals surface area contributed by atoms with Gasteiger partial charge in [0, 0.05) is 36.6 Å². The third kappa shape index (κ3) is 5.14. The number of aryl methyl sites for hydroxylation is 1. The highest BCUT2D eigenvalue weighted by Gasteiger charge is 2.26. The SMILES string of the molecule is CSC1CCCCC1NC(=O)NCC(c1cnn(C)c1)N(C)C. The Labute approximate surface area is 143 Å². The summed E-state index contributed by atoms with van der Waals surface area (Å²) in [6.07, 6.45) is 10.7. The van der Waals surface area contributed by atoms with Crippen molar-refractivity contribution in [1.82, 2.24) is 25.3 Å². The average Bonchev–Trinajstić information content (AvgIpc) is 2.94. The van der Waals surface area contributed by atoms with Crippen LogP contribution in [0.1, 0.15) is 37.3 Å². The number of aromatic nitrogens is 2. The molecule has 1 aliphatic carbocycles. The van der Waals surface area contributed by atoms with Gasteiger partial charge in [-0.3, -0.25) is 4.68 Å². The second kappa shape index (κ2) is 8.59. The minimum Gasteiger partial charge on any atom is -0.336 e. The Bertz CT molecular complexity index is 504. The first-order chi connectivity index (χ1) is 11.0. The van der Waals surface area contributed by atoms with E-state index in [1.165, 1.54) is 19.3 Å². The summed E-state index contributed by atoms with van der Waals surface area (Å²) >= 11 is 1.86. The Morgan fingerprint density at radius 3 is 2.83 bits per heavy atom. The molecule has 3 unspecified atom stereocenters. The second-order valence-electron chi connectivity index (χ2n) is 6.45. The van der Waals surface area contributed by atoms with E-state index in [9.17, 15) is 4.79 Å². The van der Waals surface area contributed by atoms with Gasteiger partial charge in [-0.2, -0.15) is 16.9 Å². The van der Waals surface area contributed by atoms with Gasteiger partial charge >= 0.3 is 6.03 Å². The van der Waals surface area contributed by atoms with Gasteiger partial charge in [-0.15, -0.1) is 0 Å². The Balaban J connectivity index is 1.86. The molecule has 1 saturated carbocycles. The maximum absolute atomic E-state index is 12.3. The van der Waals surface area contributed by atoms with Crippen LogP contribution in [0.2, 0.25) is 0 Å². The molecule has 0 aromatic carbocycles. The number of hydrogen-bond donors (Lipinski definition) is 2. The molecule has 130 valence electrons. The molecule has 3 atom stereocenters. The average molecular weight is 340 g/mol. The van der Waals surface area contributed by atoms with Gasteiger partial charge in [0.2, 0.25) is 0 Å². The predicted molar refractivity (Wildman–Crippen MR) is 95.7 cm³/mol. The molecular formula is C16H29N5OS. The van der Waals surface area contributed by atoms with Crippen LogP contribution in [-0.2, 0) is 7.05 Å². The quantitative estimate of drug-likeness (QED) is 0.832. The van der Waals surface area contributed by atoms with Crippen molar-refractivity contribution in [3.63, 3.8) is 0 Å². The monoisotopic (exact) mass is 339 g/mol. The molecule has 7 heteroatoms. The minimum atomic E-state index is -0.0632. The summed E-state index contributed by atoms with van der Waals surface area (Å²) in [6.45, 7) is 0.571. The van der Waals surface area contributed by atoms with Gasteiger partial charge in [0.05, 0.1) is 12.2 Å². The number of likely N-dealkylation sites (N-methyl/N-ethyl adjacent to an activating group) is 1. The highest BCUT2D eigenvalue weighted by atomic mass is 32.2. The number of hydrogen-bond acceptors (Lipinski definition) is 4. The van der Waals surface area contributed by atoms with E-state index < -0.39 is 0 Å². The first kappa shape index (κ1) is 18.1. The van der Waals surface area contributed by atoms with Gasteiger partial charge in [0.1, 0.15) is 0 Å². The zero-order valence-corrected chi connectivity index (χ0v) is 15.4. The number of nitrogens with one attached hydrogen (secondary N) is 2. The van der Waals surface area contributed by atoms with Crippen LogP contribution in [-0.4, -0.2) is 58.9 Å². The van der Waals surface area contributed by atoms with Crippen LogP contribution >= 0.6 is 11.8 Å². The first-order valence-electron chi connectivity index (χ1n) is 8.23. The summed E-state index contributed by atoms with van der Waals surface area (Å²) in [6, 6.07) is 0.346. The Hall–Kier alpha value is -1.21. The Morgan fingerprint density at radius 1 is 1.48 bits per heavy atom. The maximum Gasteiger partial charge on any atom is 0.315 e. The second-order valence-corrected chi connectivity index (χ2v) is 7.52. The van der Waals surface area contributed by atoms with Crippen molar-refractivity contribution in [2.75, 3.05) is 26.9 Å². The van der Waals surface area contributed by atoms with Gasteiger partial charge in [0.25, 0.3) is 0 Å². The lowest BCUT2D eigenvalue weighted by Gasteiger charge is -2.31. The molecule has 1 aromatic heterocycles. The van der Waals surface area contributed by atoms with Gasteiger partial charge in [-0.05, 0) is 33.2 Å². The minimum absolute atomic E-state index is 0.0632. The van der Waals surface area contributed by atoms with Crippen molar-refractivity contribution in [2.45, 2.75) is 43.0 Å². The molecule has 23 heavy (non-hydrogen) atoms.